The Hall–Kier alpha value is -2.39. The largest absolute Gasteiger partial charge is 0.497 e. The summed E-state index contributed by atoms with van der Waals surface area (Å²) >= 11 is 1.48. The zero-order valence-corrected chi connectivity index (χ0v) is 19.7. The molecule has 0 aromatic heterocycles. The van der Waals surface area contributed by atoms with E-state index in [1.807, 2.05) is 84.9 Å². The summed E-state index contributed by atoms with van der Waals surface area (Å²) in [6.45, 7) is 0.684. The molecule has 178 valence electrons. The fourth-order valence-electron chi connectivity index (χ4n) is 4.18. The van der Waals surface area contributed by atoms with Crippen LogP contribution in [0.25, 0.3) is 0 Å². The topological polar surface area (TPSA) is 66.4 Å². The summed E-state index contributed by atoms with van der Waals surface area (Å²) < 4.78 is 30.1. The maximum absolute atomic E-state index is 11.3. The van der Waals surface area contributed by atoms with E-state index in [9.17, 15) is 5.11 Å². The van der Waals surface area contributed by atoms with E-state index in [0.29, 0.717) is 13.2 Å². The number of hydrogen-bond donors (Lipinski definition) is 1. The molecule has 0 amide bonds. The van der Waals surface area contributed by atoms with Gasteiger partial charge in [0.2, 0.25) is 0 Å². The first-order chi connectivity index (χ1) is 16.7. The highest BCUT2D eigenvalue weighted by Crippen LogP contribution is 2.40. The Kier molecular flexibility index (Phi) is 7.49. The first-order valence-electron chi connectivity index (χ1n) is 11.3. The van der Waals surface area contributed by atoms with Gasteiger partial charge in [0.05, 0.1) is 20.3 Å². The molecule has 0 saturated carbocycles. The van der Waals surface area contributed by atoms with Gasteiger partial charge in [-0.1, -0.05) is 72.4 Å². The number of rotatable bonds is 7. The molecular formula is C27H28O6S. The van der Waals surface area contributed by atoms with Crippen LogP contribution < -0.4 is 4.74 Å². The number of aliphatic hydroxyl groups is 1. The van der Waals surface area contributed by atoms with Crippen LogP contribution in [0.4, 0.5) is 0 Å². The summed E-state index contributed by atoms with van der Waals surface area (Å²) in [7, 11) is 1.64. The van der Waals surface area contributed by atoms with Gasteiger partial charge in [-0.2, -0.15) is 0 Å². The lowest BCUT2D eigenvalue weighted by Gasteiger charge is -2.47. The van der Waals surface area contributed by atoms with Crippen molar-refractivity contribution in [3.05, 3.63) is 96.1 Å². The number of aliphatic hydroxyl groups excluding tert-OH is 1. The van der Waals surface area contributed by atoms with Gasteiger partial charge < -0.3 is 28.8 Å². The Bertz CT molecular complexity index is 1030. The SMILES string of the molecule is COc1ccc(CO[C@@H]2[C@@H](O)[C@H](Sc3ccccc3)O[C@@H]3CO[C@H](c4ccccc4)O[C@H]23)cc1. The minimum atomic E-state index is -0.890. The van der Waals surface area contributed by atoms with Crippen molar-refractivity contribution in [2.24, 2.45) is 0 Å². The molecule has 1 N–H and O–H groups in total. The van der Waals surface area contributed by atoms with E-state index in [4.69, 9.17) is 23.7 Å². The van der Waals surface area contributed by atoms with Gasteiger partial charge in [-0.15, -0.1) is 0 Å². The van der Waals surface area contributed by atoms with Crippen LogP contribution in [0.1, 0.15) is 17.4 Å². The van der Waals surface area contributed by atoms with Gasteiger partial charge in [0.15, 0.2) is 6.29 Å². The molecule has 2 aliphatic rings. The van der Waals surface area contributed by atoms with Crippen molar-refractivity contribution >= 4 is 11.8 Å². The van der Waals surface area contributed by atoms with Crippen molar-refractivity contribution in [2.75, 3.05) is 13.7 Å². The lowest BCUT2D eigenvalue weighted by atomic mass is 9.98. The van der Waals surface area contributed by atoms with Crippen molar-refractivity contribution in [1.82, 2.24) is 0 Å². The Morgan fingerprint density at radius 2 is 1.62 bits per heavy atom. The highest BCUT2D eigenvalue weighted by atomic mass is 32.2. The maximum atomic E-state index is 11.3. The van der Waals surface area contributed by atoms with Gasteiger partial charge in [-0.05, 0) is 29.8 Å². The van der Waals surface area contributed by atoms with E-state index < -0.39 is 30.0 Å². The van der Waals surface area contributed by atoms with E-state index in [-0.39, 0.29) is 6.10 Å². The molecular weight excluding hydrogens is 452 g/mol. The van der Waals surface area contributed by atoms with Gasteiger partial charge in [0, 0.05) is 10.5 Å². The van der Waals surface area contributed by atoms with Crippen LogP contribution in [0.15, 0.2) is 89.8 Å². The van der Waals surface area contributed by atoms with Crippen molar-refractivity contribution in [3.63, 3.8) is 0 Å². The predicted octanol–water partition coefficient (Wildman–Crippen LogP) is 4.57. The summed E-state index contributed by atoms with van der Waals surface area (Å²) in [4.78, 5) is 1.01. The average Bonchev–Trinajstić information content (AvgIpc) is 2.90. The Labute approximate surface area is 203 Å². The third kappa shape index (κ3) is 5.30. The minimum absolute atomic E-state index is 0.331. The lowest BCUT2D eigenvalue weighted by Crippen LogP contribution is -2.61. The summed E-state index contributed by atoms with van der Waals surface area (Å²) in [5, 5.41) is 11.3. The quantitative estimate of drug-likeness (QED) is 0.531. The normalized spacial score (nSPS) is 28.8. The summed E-state index contributed by atoms with van der Waals surface area (Å²) in [6, 6.07) is 27.4. The van der Waals surface area contributed by atoms with Crippen molar-refractivity contribution < 1.29 is 28.8 Å². The van der Waals surface area contributed by atoms with Crippen LogP contribution in [0, 0.1) is 0 Å². The molecule has 7 heteroatoms. The molecule has 2 saturated heterocycles. The fraction of sp³-hybridized carbons (Fsp3) is 0.333. The van der Waals surface area contributed by atoms with Gasteiger partial charge in [0.25, 0.3) is 0 Å². The molecule has 34 heavy (non-hydrogen) atoms. The third-order valence-electron chi connectivity index (χ3n) is 5.98. The number of hydrogen-bond acceptors (Lipinski definition) is 7. The van der Waals surface area contributed by atoms with E-state index in [1.165, 1.54) is 11.8 Å². The zero-order chi connectivity index (χ0) is 23.3. The van der Waals surface area contributed by atoms with Crippen LogP contribution in [-0.4, -0.2) is 48.7 Å². The number of fused-ring (bicyclic) bond motifs is 1. The van der Waals surface area contributed by atoms with Crippen molar-refractivity contribution in [3.8, 4) is 5.75 Å². The number of methoxy groups -OCH3 is 1. The molecule has 6 atom stereocenters. The molecule has 2 aliphatic heterocycles. The highest BCUT2D eigenvalue weighted by Gasteiger charge is 2.50. The molecule has 5 rings (SSSR count). The maximum Gasteiger partial charge on any atom is 0.184 e. The summed E-state index contributed by atoms with van der Waals surface area (Å²) in [6.07, 6.45) is -2.84. The molecule has 0 bridgehead atoms. The first kappa shape index (κ1) is 23.4. The first-order valence-corrected chi connectivity index (χ1v) is 12.2. The van der Waals surface area contributed by atoms with Crippen LogP contribution >= 0.6 is 11.8 Å². The van der Waals surface area contributed by atoms with Crippen molar-refractivity contribution in [2.45, 2.75) is 47.6 Å². The highest BCUT2D eigenvalue weighted by molar-refractivity contribution is 7.99. The zero-order valence-electron chi connectivity index (χ0n) is 18.9. The second kappa shape index (κ2) is 10.9. The molecule has 0 unspecified atom stereocenters. The lowest BCUT2D eigenvalue weighted by molar-refractivity contribution is -0.325. The predicted molar refractivity (Wildman–Crippen MR) is 129 cm³/mol. The van der Waals surface area contributed by atoms with Gasteiger partial charge in [-0.25, -0.2) is 0 Å². The smallest absolute Gasteiger partial charge is 0.184 e. The van der Waals surface area contributed by atoms with Crippen LogP contribution in [-0.2, 0) is 25.6 Å². The van der Waals surface area contributed by atoms with Gasteiger partial charge in [-0.3, -0.25) is 0 Å². The Balaban J connectivity index is 1.35. The van der Waals surface area contributed by atoms with Crippen LogP contribution in [0.5, 0.6) is 5.75 Å². The standard InChI is InChI=1S/C27H28O6S/c1-29-20-14-12-18(13-15-20)16-30-25-23(28)27(34-21-10-6-3-7-11-21)32-22-17-31-26(33-24(22)25)19-8-4-2-5-9-19/h2-15,22-28H,16-17H2,1H3/t22-,23-,24+,25-,26+,27+/m1/s1. The van der Waals surface area contributed by atoms with E-state index in [1.54, 1.807) is 7.11 Å². The molecule has 3 aromatic rings. The monoisotopic (exact) mass is 480 g/mol. The molecule has 0 radical (unpaired) electrons. The fourth-order valence-corrected chi connectivity index (χ4v) is 5.25. The molecule has 2 fully saturated rings. The molecule has 0 spiro atoms. The molecule has 2 heterocycles. The average molecular weight is 481 g/mol. The molecule has 6 nitrogen and oxygen atoms in total. The number of ether oxygens (including phenoxy) is 5. The van der Waals surface area contributed by atoms with Crippen LogP contribution in [0.3, 0.4) is 0 Å². The number of thioether (sulfide) groups is 1. The van der Waals surface area contributed by atoms with Gasteiger partial charge >= 0.3 is 0 Å². The summed E-state index contributed by atoms with van der Waals surface area (Å²) in [5.41, 5.74) is 1.39. The Morgan fingerprint density at radius 1 is 0.912 bits per heavy atom. The van der Waals surface area contributed by atoms with Crippen LogP contribution in [0.2, 0.25) is 0 Å². The third-order valence-corrected chi connectivity index (χ3v) is 7.14. The Morgan fingerprint density at radius 3 is 2.32 bits per heavy atom. The van der Waals surface area contributed by atoms with Crippen molar-refractivity contribution in [1.29, 1.82) is 0 Å². The second-order valence-corrected chi connectivity index (χ2v) is 9.44. The molecule has 0 aliphatic carbocycles. The minimum Gasteiger partial charge on any atom is -0.497 e. The van der Waals surface area contributed by atoms with E-state index in [2.05, 4.69) is 0 Å². The summed E-state index contributed by atoms with van der Waals surface area (Å²) in [5.74, 6) is 0.785. The number of benzene rings is 3. The van der Waals surface area contributed by atoms with Gasteiger partial charge in [0.1, 0.15) is 35.6 Å². The van der Waals surface area contributed by atoms with E-state index >= 15 is 0 Å². The second-order valence-electron chi connectivity index (χ2n) is 8.26. The van der Waals surface area contributed by atoms with E-state index in [0.717, 1.165) is 21.8 Å². The molecule has 3 aromatic carbocycles.